The minimum absolute atomic E-state index is 0.171. The molecular formula is C26H22ClIN2O4. The second kappa shape index (κ2) is 8.09. The second-order valence-corrected chi connectivity index (χ2v) is 10.9. The van der Waals surface area contributed by atoms with E-state index in [1.54, 1.807) is 19.4 Å². The number of hydrogen-bond donors (Lipinski definition) is 0. The van der Waals surface area contributed by atoms with E-state index >= 15 is 0 Å². The summed E-state index contributed by atoms with van der Waals surface area (Å²) in [4.78, 5) is 26.2. The molecular weight excluding hydrogens is 567 g/mol. The zero-order valence-electron chi connectivity index (χ0n) is 18.4. The predicted molar refractivity (Wildman–Crippen MR) is 136 cm³/mol. The van der Waals surface area contributed by atoms with E-state index in [2.05, 4.69) is 39.8 Å². The third-order valence-corrected chi connectivity index (χ3v) is 8.90. The number of hydrazone groups is 1. The number of benzene rings is 2. The standard InChI is InChI=1S/C26H22ClIN2O4/c1-33-20-11-14(10-19(28)23(20)34-13-15-4-2-3-5-18(15)27)12-29-30-24(31)21-16-6-7-17(22(21)25(30)32)26(16)8-9-26/h2-7,10-12,16-17,21-22H,8-9,13H2,1H3/b29-12-/t16-,17-,21-,22+/m1/s1. The first-order valence-corrected chi connectivity index (χ1v) is 12.7. The van der Waals surface area contributed by atoms with Crippen molar-refractivity contribution in [1.29, 1.82) is 0 Å². The molecule has 2 saturated carbocycles. The fraction of sp³-hybridized carbons (Fsp3) is 0.346. The Morgan fingerprint density at radius 1 is 1.15 bits per heavy atom. The molecule has 1 aliphatic heterocycles. The van der Waals surface area contributed by atoms with E-state index in [1.165, 1.54) is 0 Å². The van der Waals surface area contributed by atoms with Gasteiger partial charge in [-0.3, -0.25) is 9.59 Å². The molecule has 6 rings (SSSR count). The highest BCUT2D eigenvalue weighted by atomic mass is 127. The van der Waals surface area contributed by atoms with Gasteiger partial charge in [0, 0.05) is 10.6 Å². The first-order valence-electron chi connectivity index (χ1n) is 11.3. The van der Waals surface area contributed by atoms with Gasteiger partial charge in [0.05, 0.1) is 28.7 Å². The summed E-state index contributed by atoms with van der Waals surface area (Å²) < 4.78 is 12.4. The summed E-state index contributed by atoms with van der Waals surface area (Å²) in [5, 5.41) is 6.04. The van der Waals surface area contributed by atoms with Gasteiger partial charge in [-0.25, -0.2) is 0 Å². The van der Waals surface area contributed by atoms with Gasteiger partial charge in [-0.05, 0) is 76.4 Å². The van der Waals surface area contributed by atoms with Gasteiger partial charge in [-0.2, -0.15) is 10.1 Å². The second-order valence-electron chi connectivity index (χ2n) is 9.37. The molecule has 6 nitrogen and oxygen atoms in total. The maximum atomic E-state index is 13.1. The van der Waals surface area contributed by atoms with Crippen molar-refractivity contribution in [3.8, 4) is 11.5 Å². The van der Waals surface area contributed by atoms with Gasteiger partial charge < -0.3 is 9.47 Å². The number of hydrogen-bond acceptors (Lipinski definition) is 5. The van der Waals surface area contributed by atoms with Crippen molar-refractivity contribution in [2.75, 3.05) is 7.11 Å². The van der Waals surface area contributed by atoms with Crippen molar-refractivity contribution in [3.05, 3.63) is 68.3 Å². The Labute approximate surface area is 216 Å². The predicted octanol–water partition coefficient (Wildman–Crippen LogP) is 5.06. The van der Waals surface area contributed by atoms with Crippen molar-refractivity contribution >= 4 is 52.2 Å². The minimum atomic E-state index is -0.252. The van der Waals surface area contributed by atoms with Gasteiger partial charge in [0.2, 0.25) is 0 Å². The summed E-state index contributed by atoms with van der Waals surface area (Å²) in [5.74, 6) is 0.667. The maximum absolute atomic E-state index is 13.1. The van der Waals surface area contributed by atoms with Gasteiger partial charge in [-0.15, -0.1) is 0 Å². The molecule has 0 aromatic heterocycles. The molecule has 2 bridgehead atoms. The highest BCUT2D eigenvalue weighted by Gasteiger charge is 2.73. The van der Waals surface area contributed by atoms with E-state index in [0.29, 0.717) is 28.7 Å². The number of rotatable bonds is 6. The van der Waals surface area contributed by atoms with Crippen LogP contribution in [-0.2, 0) is 16.2 Å². The van der Waals surface area contributed by atoms with Crippen LogP contribution in [0.15, 0.2) is 53.7 Å². The molecule has 174 valence electrons. The number of nitrogens with zero attached hydrogens (tertiary/aromatic N) is 2. The quantitative estimate of drug-likeness (QED) is 0.205. The van der Waals surface area contributed by atoms with Crippen LogP contribution in [0, 0.1) is 32.7 Å². The molecule has 4 aliphatic rings. The SMILES string of the molecule is COc1cc(/C=N\N2C(=O)[C@@H]3[C@H](C2=O)[C@H]2C=C[C@H]3C23CC3)cc(I)c1OCc1ccccc1Cl. The lowest BCUT2D eigenvalue weighted by Gasteiger charge is -2.18. The molecule has 0 unspecified atom stereocenters. The van der Waals surface area contributed by atoms with Crippen LogP contribution in [0.2, 0.25) is 5.02 Å². The number of carbonyl (C=O) groups excluding carboxylic acids is 2. The molecule has 0 N–H and O–H groups in total. The largest absolute Gasteiger partial charge is 0.493 e. The Hall–Kier alpha value is -2.39. The Bertz CT molecular complexity index is 1240. The van der Waals surface area contributed by atoms with Crippen LogP contribution in [0.4, 0.5) is 0 Å². The number of amides is 2. The molecule has 2 amide bonds. The summed E-state index contributed by atoms with van der Waals surface area (Å²) >= 11 is 8.41. The highest BCUT2D eigenvalue weighted by Crippen LogP contribution is 2.73. The van der Waals surface area contributed by atoms with E-state index in [0.717, 1.165) is 27.0 Å². The molecule has 3 fully saturated rings. The van der Waals surface area contributed by atoms with Gasteiger partial charge in [0.15, 0.2) is 11.5 Å². The number of allylic oxidation sites excluding steroid dienone is 2. The minimum Gasteiger partial charge on any atom is -0.493 e. The Morgan fingerprint density at radius 2 is 1.82 bits per heavy atom. The zero-order chi connectivity index (χ0) is 23.6. The first kappa shape index (κ1) is 22.1. The van der Waals surface area contributed by atoms with Crippen molar-refractivity contribution < 1.29 is 19.1 Å². The molecule has 2 aromatic rings. The summed E-state index contributed by atoms with van der Waals surface area (Å²) in [7, 11) is 1.57. The highest BCUT2D eigenvalue weighted by molar-refractivity contribution is 14.1. The summed E-state index contributed by atoms with van der Waals surface area (Å²) in [6.07, 6.45) is 8.10. The van der Waals surface area contributed by atoms with Crippen LogP contribution in [0.25, 0.3) is 0 Å². The molecule has 3 aliphatic carbocycles. The van der Waals surface area contributed by atoms with E-state index in [1.807, 2.05) is 30.3 Å². The topological polar surface area (TPSA) is 68.2 Å². The number of imide groups is 1. The van der Waals surface area contributed by atoms with Gasteiger partial charge >= 0.3 is 0 Å². The molecule has 0 radical (unpaired) electrons. The van der Waals surface area contributed by atoms with E-state index in [9.17, 15) is 9.59 Å². The number of fused-ring (bicyclic) bond motifs is 3. The smallest absolute Gasteiger partial charge is 0.254 e. The Balaban J connectivity index is 1.21. The Kier molecular flexibility index (Phi) is 5.26. The average molecular weight is 589 g/mol. The normalized spacial score (nSPS) is 27.8. The maximum Gasteiger partial charge on any atom is 0.254 e. The van der Waals surface area contributed by atoms with Gasteiger partial charge in [0.25, 0.3) is 11.8 Å². The van der Waals surface area contributed by atoms with Crippen LogP contribution < -0.4 is 9.47 Å². The molecule has 4 atom stereocenters. The number of ether oxygens (including phenoxy) is 2. The fourth-order valence-corrected chi connectivity index (χ4v) is 6.99. The van der Waals surface area contributed by atoms with E-state index < -0.39 is 0 Å². The fourth-order valence-electron chi connectivity index (χ4n) is 6.02. The third kappa shape index (κ3) is 3.23. The van der Waals surface area contributed by atoms with Crippen molar-refractivity contribution in [2.45, 2.75) is 19.4 Å². The molecule has 2 aromatic carbocycles. The van der Waals surface area contributed by atoms with Crippen LogP contribution in [0.5, 0.6) is 11.5 Å². The third-order valence-electron chi connectivity index (χ3n) is 7.73. The molecule has 1 saturated heterocycles. The van der Waals surface area contributed by atoms with E-state index in [4.69, 9.17) is 21.1 Å². The Morgan fingerprint density at radius 3 is 2.44 bits per heavy atom. The summed E-state index contributed by atoms with van der Waals surface area (Å²) in [6.45, 7) is 0.302. The van der Waals surface area contributed by atoms with Crippen molar-refractivity contribution in [1.82, 2.24) is 5.01 Å². The van der Waals surface area contributed by atoms with E-state index in [-0.39, 0.29) is 40.9 Å². The van der Waals surface area contributed by atoms with Gasteiger partial charge in [0.1, 0.15) is 6.61 Å². The lowest BCUT2D eigenvalue weighted by atomic mass is 9.85. The molecule has 1 spiro atoms. The summed E-state index contributed by atoms with van der Waals surface area (Å²) in [6, 6.07) is 11.2. The van der Waals surface area contributed by atoms with Crippen molar-refractivity contribution in [2.24, 2.45) is 34.2 Å². The monoisotopic (exact) mass is 588 g/mol. The lowest BCUT2D eigenvalue weighted by Crippen LogP contribution is -2.30. The molecule has 1 heterocycles. The first-order chi connectivity index (χ1) is 16.4. The number of methoxy groups -OCH3 is 1. The van der Waals surface area contributed by atoms with Crippen molar-refractivity contribution in [3.63, 3.8) is 0 Å². The number of carbonyl (C=O) groups is 2. The van der Waals surface area contributed by atoms with Crippen LogP contribution >= 0.6 is 34.2 Å². The van der Waals surface area contributed by atoms with Gasteiger partial charge in [-0.1, -0.05) is 42.0 Å². The van der Waals surface area contributed by atoms with Crippen LogP contribution in [-0.4, -0.2) is 30.1 Å². The lowest BCUT2D eigenvalue weighted by molar-refractivity contribution is -0.141. The zero-order valence-corrected chi connectivity index (χ0v) is 21.3. The average Bonchev–Trinajstić information content (AvgIpc) is 3.43. The number of halogens is 2. The molecule has 34 heavy (non-hydrogen) atoms. The molecule has 8 heteroatoms. The summed E-state index contributed by atoms with van der Waals surface area (Å²) in [5.41, 5.74) is 1.77. The van der Waals surface area contributed by atoms with Crippen LogP contribution in [0.3, 0.4) is 0 Å². The van der Waals surface area contributed by atoms with Crippen LogP contribution in [0.1, 0.15) is 24.0 Å².